The van der Waals surface area contributed by atoms with Crippen LogP contribution in [-0.2, 0) is 0 Å². The van der Waals surface area contributed by atoms with Gasteiger partial charge in [-0.3, -0.25) is 4.79 Å². The van der Waals surface area contributed by atoms with Crippen LogP contribution in [0.5, 0.6) is 0 Å². The molecular formula is C22H22ClN5O. The molecule has 2 heterocycles. The van der Waals surface area contributed by atoms with Gasteiger partial charge in [0.2, 0.25) is 5.95 Å². The van der Waals surface area contributed by atoms with E-state index in [0.717, 1.165) is 30.3 Å². The van der Waals surface area contributed by atoms with Crippen LogP contribution in [0.4, 0.5) is 23.1 Å². The van der Waals surface area contributed by atoms with E-state index in [-0.39, 0.29) is 5.91 Å². The summed E-state index contributed by atoms with van der Waals surface area (Å²) < 4.78 is 0. The molecule has 0 aliphatic carbocycles. The molecule has 2 aromatic carbocycles. The summed E-state index contributed by atoms with van der Waals surface area (Å²) in [7, 11) is 0. The molecule has 0 spiro atoms. The van der Waals surface area contributed by atoms with Crippen molar-refractivity contribution >= 4 is 40.6 Å². The van der Waals surface area contributed by atoms with Crippen LogP contribution in [0.1, 0.15) is 28.9 Å². The number of nitrogens with zero attached hydrogens (tertiary/aromatic N) is 3. The smallest absolute Gasteiger partial charge is 0.255 e. The lowest BCUT2D eigenvalue weighted by Gasteiger charge is -2.17. The molecule has 0 bridgehead atoms. The highest BCUT2D eigenvalue weighted by Gasteiger charge is 2.15. The zero-order chi connectivity index (χ0) is 20.2. The topological polar surface area (TPSA) is 70.2 Å². The molecule has 0 atom stereocenters. The van der Waals surface area contributed by atoms with Gasteiger partial charge >= 0.3 is 0 Å². The van der Waals surface area contributed by atoms with Gasteiger partial charge in [0.1, 0.15) is 5.82 Å². The molecule has 3 aromatic rings. The summed E-state index contributed by atoms with van der Waals surface area (Å²) in [6.07, 6.45) is 2.41. The Kier molecular flexibility index (Phi) is 5.62. The van der Waals surface area contributed by atoms with E-state index in [1.54, 1.807) is 24.3 Å². The second-order valence-electron chi connectivity index (χ2n) is 7.05. The van der Waals surface area contributed by atoms with Crippen molar-refractivity contribution in [2.24, 2.45) is 0 Å². The number of hydrogen-bond acceptors (Lipinski definition) is 5. The summed E-state index contributed by atoms with van der Waals surface area (Å²) in [4.78, 5) is 23.8. The van der Waals surface area contributed by atoms with Gasteiger partial charge in [-0.25, -0.2) is 4.98 Å². The van der Waals surface area contributed by atoms with E-state index in [2.05, 4.69) is 25.5 Å². The Morgan fingerprint density at radius 3 is 2.45 bits per heavy atom. The average Bonchev–Trinajstić information content (AvgIpc) is 3.24. The Morgan fingerprint density at radius 1 is 1.00 bits per heavy atom. The van der Waals surface area contributed by atoms with E-state index in [0.29, 0.717) is 22.2 Å². The maximum absolute atomic E-state index is 12.3. The molecular weight excluding hydrogens is 386 g/mol. The SMILES string of the molecule is Cc1cc(N2CCCC2)nc(Nc2ccc(NC(=O)c3cccc(Cl)c3)cc2)n1. The lowest BCUT2D eigenvalue weighted by atomic mass is 10.2. The predicted molar refractivity (Wildman–Crippen MR) is 117 cm³/mol. The first-order chi connectivity index (χ1) is 14.1. The molecule has 0 radical (unpaired) electrons. The summed E-state index contributed by atoms with van der Waals surface area (Å²) in [5, 5.41) is 6.65. The lowest BCUT2D eigenvalue weighted by Crippen LogP contribution is -2.19. The van der Waals surface area contributed by atoms with Crippen molar-refractivity contribution in [2.75, 3.05) is 28.6 Å². The number of amides is 1. The number of nitrogens with one attached hydrogen (secondary N) is 2. The molecule has 1 saturated heterocycles. The van der Waals surface area contributed by atoms with Gasteiger partial charge in [-0.05, 0) is 62.2 Å². The first-order valence-corrected chi connectivity index (χ1v) is 9.99. The van der Waals surface area contributed by atoms with Gasteiger partial charge in [0.25, 0.3) is 5.91 Å². The molecule has 1 fully saturated rings. The van der Waals surface area contributed by atoms with Crippen LogP contribution >= 0.6 is 11.6 Å². The Balaban J connectivity index is 1.44. The van der Waals surface area contributed by atoms with Crippen molar-refractivity contribution in [3.05, 3.63) is 70.9 Å². The fourth-order valence-corrected chi connectivity index (χ4v) is 3.51. The third-order valence-electron chi connectivity index (χ3n) is 4.76. The number of aryl methyl sites for hydroxylation is 1. The van der Waals surface area contributed by atoms with Crippen LogP contribution in [0.25, 0.3) is 0 Å². The van der Waals surface area contributed by atoms with Crippen molar-refractivity contribution in [1.29, 1.82) is 0 Å². The number of benzene rings is 2. The normalized spacial score (nSPS) is 13.4. The van der Waals surface area contributed by atoms with Gasteiger partial charge in [0.05, 0.1) is 0 Å². The van der Waals surface area contributed by atoms with Gasteiger partial charge in [0.15, 0.2) is 0 Å². The lowest BCUT2D eigenvalue weighted by molar-refractivity contribution is 0.102. The van der Waals surface area contributed by atoms with Crippen LogP contribution in [0.3, 0.4) is 0 Å². The highest BCUT2D eigenvalue weighted by atomic mass is 35.5. The third-order valence-corrected chi connectivity index (χ3v) is 4.99. The van der Waals surface area contributed by atoms with Gasteiger partial charge in [-0.2, -0.15) is 4.98 Å². The molecule has 148 valence electrons. The van der Waals surface area contributed by atoms with Crippen LogP contribution < -0.4 is 15.5 Å². The average molecular weight is 408 g/mol. The molecule has 2 N–H and O–H groups in total. The number of carbonyl (C=O) groups is 1. The monoisotopic (exact) mass is 407 g/mol. The quantitative estimate of drug-likeness (QED) is 0.620. The number of aromatic nitrogens is 2. The molecule has 1 aliphatic heterocycles. The van der Waals surface area contributed by atoms with Crippen molar-refractivity contribution in [2.45, 2.75) is 19.8 Å². The minimum absolute atomic E-state index is 0.203. The largest absolute Gasteiger partial charge is 0.356 e. The number of hydrogen-bond donors (Lipinski definition) is 2. The fraction of sp³-hybridized carbons (Fsp3) is 0.227. The van der Waals surface area contributed by atoms with E-state index in [9.17, 15) is 4.79 Å². The van der Waals surface area contributed by atoms with E-state index in [1.165, 1.54) is 12.8 Å². The Labute approximate surface area is 174 Å². The Bertz CT molecular complexity index is 1020. The van der Waals surface area contributed by atoms with Crippen molar-refractivity contribution in [1.82, 2.24) is 9.97 Å². The molecule has 1 aromatic heterocycles. The number of rotatable bonds is 5. The molecule has 1 amide bonds. The zero-order valence-corrected chi connectivity index (χ0v) is 16.9. The van der Waals surface area contributed by atoms with Crippen molar-refractivity contribution in [3.63, 3.8) is 0 Å². The molecule has 0 saturated carbocycles. The Morgan fingerprint density at radius 2 is 1.72 bits per heavy atom. The van der Waals surface area contributed by atoms with Crippen molar-refractivity contribution in [3.8, 4) is 0 Å². The van der Waals surface area contributed by atoms with Gasteiger partial charge in [0, 0.05) is 46.8 Å². The van der Waals surface area contributed by atoms with Gasteiger partial charge in [-0.1, -0.05) is 17.7 Å². The Hall–Kier alpha value is -3.12. The maximum Gasteiger partial charge on any atom is 0.255 e. The van der Waals surface area contributed by atoms with Crippen LogP contribution in [-0.4, -0.2) is 29.0 Å². The predicted octanol–water partition coefficient (Wildman–Crippen LogP) is 5.03. The summed E-state index contributed by atoms with van der Waals surface area (Å²) >= 11 is 5.95. The second kappa shape index (κ2) is 8.49. The minimum atomic E-state index is -0.203. The standard InChI is InChI=1S/C22H22ClN5O/c1-15-13-20(28-11-2-3-12-28)27-22(24-15)26-19-9-7-18(8-10-19)25-21(29)16-5-4-6-17(23)14-16/h4-10,13-14H,2-3,11-12H2,1H3,(H,25,29)(H,24,26,27). The first kappa shape index (κ1) is 19.2. The molecule has 0 unspecified atom stereocenters. The summed E-state index contributed by atoms with van der Waals surface area (Å²) in [5.41, 5.74) is 2.99. The van der Waals surface area contributed by atoms with Gasteiger partial charge in [-0.15, -0.1) is 0 Å². The van der Waals surface area contributed by atoms with E-state index in [1.807, 2.05) is 37.3 Å². The van der Waals surface area contributed by atoms with Crippen LogP contribution in [0.2, 0.25) is 5.02 Å². The fourth-order valence-electron chi connectivity index (χ4n) is 3.32. The van der Waals surface area contributed by atoms with E-state index >= 15 is 0 Å². The van der Waals surface area contributed by atoms with E-state index in [4.69, 9.17) is 11.6 Å². The number of carbonyl (C=O) groups excluding carboxylic acids is 1. The van der Waals surface area contributed by atoms with Crippen LogP contribution in [0, 0.1) is 6.92 Å². The maximum atomic E-state index is 12.3. The molecule has 7 heteroatoms. The summed E-state index contributed by atoms with van der Waals surface area (Å²) in [6, 6.07) is 16.3. The molecule has 4 rings (SSSR count). The third kappa shape index (κ3) is 4.84. The summed E-state index contributed by atoms with van der Waals surface area (Å²) in [6.45, 7) is 4.05. The van der Waals surface area contributed by atoms with Crippen LogP contribution in [0.15, 0.2) is 54.6 Å². The number of anilines is 4. The molecule has 6 nitrogen and oxygen atoms in total. The van der Waals surface area contributed by atoms with Crippen molar-refractivity contribution < 1.29 is 4.79 Å². The van der Waals surface area contributed by atoms with Gasteiger partial charge < -0.3 is 15.5 Å². The summed E-state index contributed by atoms with van der Waals surface area (Å²) in [5.74, 6) is 1.33. The zero-order valence-electron chi connectivity index (χ0n) is 16.2. The first-order valence-electron chi connectivity index (χ1n) is 9.61. The molecule has 29 heavy (non-hydrogen) atoms. The molecule has 1 aliphatic rings. The second-order valence-corrected chi connectivity index (χ2v) is 7.49. The minimum Gasteiger partial charge on any atom is -0.356 e. The highest BCUT2D eigenvalue weighted by Crippen LogP contribution is 2.23. The highest BCUT2D eigenvalue weighted by molar-refractivity contribution is 6.31. The van der Waals surface area contributed by atoms with E-state index < -0.39 is 0 Å². The number of halogens is 1.